The molecule has 0 atom stereocenters. The summed E-state index contributed by atoms with van der Waals surface area (Å²) in [6.45, 7) is 6.40. The minimum atomic E-state index is 0.823. The molecule has 0 spiro atoms. The second kappa shape index (κ2) is 4.20. The molecular weight excluding hydrogens is 196 g/mol. The molecule has 14 heavy (non-hydrogen) atoms. The predicted octanol–water partition coefficient (Wildman–Crippen LogP) is 2.59. The van der Waals surface area contributed by atoms with Gasteiger partial charge in [0, 0.05) is 30.3 Å². The molecule has 1 heterocycles. The molecule has 1 aliphatic rings. The van der Waals surface area contributed by atoms with Gasteiger partial charge in [0.2, 0.25) is 0 Å². The third-order valence-electron chi connectivity index (χ3n) is 2.65. The molecule has 2 nitrogen and oxygen atoms in total. The minimum Gasteiger partial charge on any atom is -0.383 e. The highest BCUT2D eigenvalue weighted by Crippen LogP contribution is 2.23. The molecule has 1 N–H and O–H groups in total. The first kappa shape index (κ1) is 9.81. The lowest BCUT2D eigenvalue weighted by atomic mass is 10.1. The van der Waals surface area contributed by atoms with Gasteiger partial charge in [-0.05, 0) is 30.3 Å². The summed E-state index contributed by atoms with van der Waals surface area (Å²) in [6, 6.07) is 6.06. The number of anilines is 1. The van der Waals surface area contributed by atoms with Crippen LogP contribution in [0.15, 0.2) is 18.2 Å². The molecule has 0 bridgehead atoms. The number of nitrogens with zero attached hydrogens (tertiary/aromatic N) is 1. The van der Waals surface area contributed by atoms with Crippen molar-refractivity contribution in [2.75, 3.05) is 25.0 Å². The number of hydrogen-bond donors (Lipinski definition) is 1. The molecule has 1 aromatic carbocycles. The average Bonchev–Trinajstić information content (AvgIpc) is 2.38. The van der Waals surface area contributed by atoms with Crippen LogP contribution in [0.3, 0.4) is 0 Å². The number of rotatable bonds is 1. The third kappa shape index (κ3) is 2.02. The van der Waals surface area contributed by atoms with E-state index in [4.69, 9.17) is 11.6 Å². The summed E-state index contributed by atoms with van der Waals surface area (Å²) in [7, 11) is 0. The highest BCUT2D eigenvalue weighted by atomic mass is 35.5. The van der Waals surface area contributed by atoms with Crippen LogP contribution in [0.5, 0.6) is 0 Å². The van der Waals surface area contributed by atoms with Crippen molar-refractivity contribution in [1.82, 2.24) is 4.90 Å². The molecule has 0 saturated carbocycles. The van der Waals surface area contributed by atoms with Crippen LogP contribution in [0.4, 0.5) is 5.69 Å². The lowest BCUT2D eigenvalue weighted by molar-refractivity contribution is 0.296. The fourth-order valence-electron chi connectivity index (χ4n) is 1.80. The Bertz CT molecular complexity index is 325. The van der Waals surface area contributed by atoms with Gasteiger partial charge in [-0.25, -0.2) is 0 Å². The zero-order valence-corrected chi connectivity index (χ0v) is 9.14. The van der Waals surface area contributed by atoms with Crippen LogP contribution in [0.25, 0.3) is 0 Å². The van der Waals surface area contributed by atoms with Crippen LogP contribution < -0.4 is 5.32 Å². The molecule has 1 aliphatic heterocycles. The maximum atomic E-state index is 5.97. The molecule has 0 unspecified atom stereocenters. The molecule has 1 aromatic rings. The van der Waals surface area contributed by atoms with E-state index in [0.29, 0.717) is 0 Å². The first-order chi connectivity index (χ1) is 6.79. The molecule has 3 heteroatoms. The zero-order chi connectivity index (χ0) is 9.97. The number of hydrogen-bond acceptors (Lipinski definition) is 2. The third-order valence-corrected chi connectivity index (χ3v) is 2.89. The SMILES string of the molecule is CCN1CCNc2ccc(Cl)cc2C1. The van der Waals surface area contributed by atoms with Crippen molar-refractivity contribution < 1.29 is 0 Å². The normalized spacial score (nSPS) is 17.0. The van der Waals surface area contributed by atoms with E-state index < -0.39 is 0 Å². The van der Waals surface area contributed by atoms with E-state index in [9.17, 15) is 0 Å². The minimum absolute atomic E-state index is 0.823. The molecule has 76 valence electrons. The van der Waals surface area contributed by atoms with E-state index >= 15 is 0 Å². The van der Waals surface area contributed by atoms with Crippen molar-refractivity contribution in [2.24, 2.45) is 0 Å². The number of nitrogens with one attached hydrogen (secondary N) is 1. The second-order valence-electron chi connectivity index (χ2n) is 3.60. The predicted molar refractivity (Wildman–Crippen MR) is 60.9 cm³/mol. The van der Waals surface area contributed by atoms with Crippen molar-refractivity contribution in [2.45, 2.75) is 13.5 Å². The van der Waals surface area contributed by atoms with Crippen molar-refractivity contribution in [1.29, 1.82) is 0 Å². The second-order valence-corrected chi connectivity index (χ2v) is 4.03. The molecule has 0 aromatic heterocycles. The van der Waals surface area contributed by atoms with E-state index in [1.165, 1.54) is 11.3 Å². The van der Waals surface area contributed by atoms with Crippen molar-refractivity contribution >= 4 is 17.3 Å². The van der Waals surface area contributed by atoms with Crippen molar-refractivity contribution in [3.8, 4) is 0 Å². The van der Waals surface area contributed by atoms with E-state index in [0.717, 1.165) is 31.2 Å². The van der Waals surface area contributed by atoms with Gasteiger partial charge in [0.25, 0.3) is 0 Å². The van der Waals surface area contributed by atoms with Crippen LogP contribution in [0.1, 0.15) is 12.5 Å². The van der Waals surface area contributed by atoms with Gasteiger partial charge in [0.05, 0.1) is 0 Å². The monoisotopic (exact) mass is 210 g/mol. The Hall–Kier alpha value is -0.730. The summed E-state index contributed by atoms with van der Waals surface area (Å²) < 4.78 is 0. The average molecular weight is 211 g/mol. The molecule has 2 rings (SSSR count). The van der Waals surface area contributed by atoms with E-state index in [1.807, 2.05) is 6.07 Å². The van der Waals surface area contributed by atoms with E-state index in [-0.39, 0.29) is 0 Å². The summed E-state index contributed by atoms with van der Waals surface area (Å²) in [6.07, 6.45) is 0. The van der Waals surface area contributed by atoms with Crippen LogP contribution in [0, 0.1) is 0 Å². The van der Waals surface area contributed by atoms with Crippen LogP contribution in [0.2, 0.25) is 5.02 Å². The quantitative estimate of drug-likeness (QED) is 0.767. The topological polar surface area (TPSA) is 15.3 Å². The smallest absolute Gasteiger partial charge is 0.0410 e. The molecular formula is C11H15ClN2. The Morgan fingerprint density at radius 3 is 3.14 bits per heavy atom. The summed E-state index contributed by atoms with van der Waals surface area (Å²) in [5, 5.41) is 4.24. The molecule has 0 amide bonds. The van der Waals surface area contributed by atoms with Crippen LogP contribution in [-0.4, -0.2) is 24.5 Å². The maximum absolute atomic E-state index is 5.97. The summed E-state index contributed by atoms with van der Waals surface area (Å²) in [4.78, 5) is 2.41. The highest BCUT2D eigenvalue weighted by molar-refractivity contribution is 6.30. The van der Waals surface area contributed by atoms with Gasteiger partial charge in [0.1, 0.15) is 0 Å². The zero-order valence-electron chi connectivity index (χ0n) is 8.39. The standard InChI is InChI=1S/C11H15ClN2/c1-2-14-6-5-13-11-4-3-10(12)7-9(11)8-14/h3-4,7,13H,2,5-6,8H2,1H3. The van der Waals surface area contributed by atoms with Gasteiger partial charge in [0.15, 0.2) is 0 Å². The number of halogens is 1. The Balaban J connectivity index is 2.28. The lowest BCUT2D eigenvalue weighted by Gasteiger charge is -2.16. The Labute approximate surface area is 89.9 Å². The van der Waals surface area contributed by atoms with Crippen LogP contribution in [-0.2, 0) is 6.54 Å². The molecule has 0 saturated heterocycles. The molecule has 0 aliphatic carbocycles. The fourth-order valence-corrected chi connectivity index (χ4v) is 2.00. The summed E-state index contributed by atoms with van der Waals surface area (Å²) in [5.41, 5.74) is 2.53. The highest BCUT2D eigenvalue weighted by Gasteiger charge is 2.12. The summed E-state index contributed by atoms with van der Waals surface area (Å²) in [5.74, 6) is 0. The number of benzene rings is 1. The van der Waals surface area contributed by atoms with Gasteiger partial charge >= 0.3 is 0 Å². The first-order valence-electron chi connectivity index (χ1n) is 5.04. The Morgan fingerprint density at radius 2 is 2.36 bits per heavy atom. The van der Waals surface area contributed by atoms with Crippen molar-refractivity contribution in [3.05, 3.63) is 28.8 Å². The van der Waals surface area contributed by atoms with E-state index in [1.54, 1.807) is 0 Å². The van der Waals surface area contributed by atoms with Crippen molar-refractivity contribution in [3.63, 3.8) is 0 Å². The van der Waals surface area contributed by atoms with Gasteiger partial charge in [-0.1, -0.05) is 18.5 Å². The van der Waals surface area contributed by atoms with Gasteiger partial charge in [-0.15, -0.1) is 0 Å². The maximum Gasteiger partial charge on any atom is 0.0410 e. The molecule has 0 radical (unpaired) electrons. The first-order valence-corrected chi connectivity index (χ1v) is 5.42. The van der Waals surface area contributed by atoms with Gasteiger partial charge in [-0.3, -0.25) is 4.90 Å². The number of likely N-dealkylation sites (N-methyl/N-ethyl adjacent to an activating group) is 1. The largest absolute Gasteiger partial charge is 0.383 e. The van der Waals surface area contributed by atoms with E-state index in [2.05, 4.69) is 29.3 Å². The Morgan fingerprint density at radius 1 is 1.50 bits per heavy atom. The van der Waals surface area contributed by atoms with Gasteiger partial charge in [-0.2, -0.15) is 0 Å². The number of fused-ring (bicyclic) bond motifs is 1. The Kier molecular flexibility index (Phi) is 2.94. The van der Waals surface area contributed by atoms with Crippen LogP contribution >= 0.6 is 11.6 Å². The fraction of sp³-hybridized carbons (Fsp3) is 0.455. The summed E-state index contributed by atoms with van der Waals surface area (Å²) >= 11 is 5.97. The van der Waals surface area contributed by atoms with Gasteiger partial charge < -0.3 is 5.32 Å². The lowest BCUT2D eigenvalue weighted by Crippen LogP contribution is -2.25. The molecule has 0 fully saturated rings.